The molecule has 1 aliphatic rings. The third kappa shape index (κ3) is 4.91. The molecule has 2 aromatic rings. The molecule has 2 heterocycles. The van der Waals surface area contributed by atoms with E-state index in [2.05, 4.69) is 42.4 Å². The van der Waals surface area contributed by atoms with Crippen LogP contribution in [0, 0.1) is 19.8 Å². The maximum atomic E-state index is 12.6. The van der Waals surface area contributed by atoms with Crippen molar-refractivity contribution in [3.8, 4) is 0 Å². The third-order valence-electron chi connectivity index (χ3n) is 4.97. The van der Waals surface area contributed by atoms with E-state index < -0.39 is 0 Å². The van der Waals surface area contributed by atoms with Crippen LogP contribution in [0.4, 0.5) is 0 Å². The van der Waals surface area contributed by atoms with Crippen molar-refractivity contribution < 1.29 is 9.90 Å². The number of rotatable bonds is 6. The van der Waals surface area contributed by atoms with E-state index in [1.54, 1.807) is 10.9 Å². The van der Waals surface area contributed by atoms with Gasteiger partial charge in [0.05, 0.1) is 12.8 Å². The maximum absolute atomic E-state index is 12.6. The molecule has 0 spiro atoms. The first kappa shape index (κ1) is 18.6. The second-order valence-electron chi connectivity index (χ2n) is 7.43. The molecule has 0 aliphatic carbocycles. The summed E-state index contributed by atoms with van der Waals surface area (Å²) in [5.74, 6) is 0.630. The SMILES string of the molecule is Cc1cc(C)cc(CCC(=O)N2CCC[C@H](Cn3cc(CO)nn3)C2)c1. The van der Waals surface area contributed by atoms with Crippen molar-refractivity contribution in [2.75, 3.05) is 13.1 Å². The van der Waals surface area contributed by atoms with Crippen LogP contribution in [-0.4, -0.2) is 44.0 Å². The summed E-state index contributed by atoms with van der Waals surface area (Å²) >= 11 is 0. The van der Waals surface area contributed by atoms with E-state index in [0.29, 0.717) is 18.0 Å². The first-order valence-corrected chi connectivity index (χ1v) is 9.38. The number of aliphatic hydroxyl groups is 1. The molecule has 26 heavy (non-hydrogen) atoms. The van der Waals surface area contributed by atoms with Gasteiger partial charge in [-0.05, 0) is 44.6 Å². The van der Waals surface area contributed by atoms with Gasteiger partial charge >= 0.3 is 0 Å². The predicted octanol–water partition coefficient (Wildman–Crippen LogP) is 2.26. The number of carbonyl (C=O) groups excluding carboxylic acids is 1. The molecule has 6 nitrogen and oxygen atoms in total. The molecule has 1 aliphatic heterocycles. The Kier molecular flexibility index (Phi) is 6.04. The Morgan fingerprint density at radius 1 is 1.27 bits per heavy atom. The van der Waals surface area contributed by atoms with Gasteiger partial charge in [-0.25, -0.2) is 0 Å². The van der Waals surface area contributed by atoms with Gasteiger partial charge in [-0.3, -0.25) is 9.48 Å². The summed E-state index contributed by atoms with van der Waals surface area (Å²) in [7, 11) is 0. The molecule has 1 N–H and O–H groups in total. The molecule has 140 valence electrons. The number of nitrogens with zero attached hydrogens (tertiary/aromatic N) is 4. The topological polar surface area (TPSA) is 71.2 Å². The standard InChI is InChI=1S/C20H28N4O2/c1-15-8-16(2)10-17(9-15)5-6-20(26)23-7-3-4-18(11-23)12-24-13-19(14-25)21-22-24/h8-10,13,18,25H,3-7,11-12,14H2,1-2H3/t18-/m0/s1. The van der Waals surface area contributed by atoms with E-state index in [-0.39, 0.29) is 12.5 Å². The Balaban J connectivity index is 1.52. The van der Waals surface area contributed by atoms with Crippen LogP contribution >= 0.6 is 0 Å². The zero-order valence-corrected chi connectivity index (χ0v) is 15.7. The van der Waals surface area contributed by atoms with Crippen molar-refractivity contribution in [2.45, 2.75) is 52.7 Å². The number of aromatic nitrogens is 3. The predicted molar refractivity (Wildman–Crippen MR) is 99.5 cm³/mol. The Bertz CT molecular complexity index is 736. The van der Waals surface area contributed by atoms with Gasteiger partial charge in [0.2, 0.25) is 5.91 Å². The number of hydrogen-bond donors (Lipinski definition) is 1. The Labute approximate surface area is 154 Å². The fourth-order valence-electron chi connectivity index (χ4n) is 3.83. The number of benzene rings is 1. The van der Waals surface area contributed by atoms with Crippen molar-refractivity contribution in [2.24, 2.45) is 5.92 Å². The van der Waals surface area contributed by atoms with Crippen LogP contribution in [0.3, 0.4) is 0 Å². The molecular weight excluding hydrogens is 328 g/mol. The highest BCUT2D eigenvalue weighted by Crippen LogP contribution is 2.20. The minimum atomic E-state index is -0.0896. The van der Waals surface area contributed by atoms with Crippen LogP contribution in [0.2, 0.25) is 0 Å². The van der Waals surface area contributed by atoms with E-state index in [0.717, 1.165) is 38.9 Å². The van der Waals surface area contributed by atoms with Gasteiger partial charge in [0.15, 0.2) is 0 Å². The largest absolute Gasteiger partial charge is 0.390 e. The Morgan fingerprint density at radius 3 is 2.73 bits per heavy atom. The van der Waals surface area contributed by atoms with E-state index in [9.17, 15) is 4.79 Å². The second-order valence-corrected chi connectivity index (χ2v) is 7.43. The number of aryl methyl sites for hydroxylation is 3. The summed E-state index contributed by atoms with van der Waals surface area (Å²) in [6.07, 6.45) is 5.26. The van der Waals surface area contributed by atoms with E-state index >= 15 is 0 Å². The molecule has 0 radical (unpaired) electrons. The van der Waals surface area contributed by atoms with Gasteiger partial charge in [0.25, 0.3) is 0 Å². The summed E-state index contributed by atoms with van der Waals surface area (Å²) in [5.41, 5.74) is 4.33. The van der Waals surface area contributed by atoms with Crippen LogP contribution in [0.1, 0.15) is 41.6 Å². The third-order valence-corrected chi connectivity index (χ3v) is 4.97. The smallest absolute Gasteiger partial charge is 0.222 e. The maximum Gasteiger partial charge on any atom is 0.222 e. The van der Waals surface area contributed by atoms with Crippen LogP contribution in [0.15, 0.2) is 24.4 Å². The van der Waals surface area contributed by atoms with E-state index in [4.69, 9.17) is 5.11 Å². The van der Waals surface area contributed by atoms with Gasteiger partial charge < -0.3 is 10.0 Å². The summed E-state index contributed by atoms with van der Waals surface area (Å²) in [6.45, 7) is 6.47. The first-order chi connectivity index (χ1) is 12.5. The van der Waals surface area contributed by atoms with Gasteiger partial charge in [-0.15, -0.1) is 5.10 Å². The van der Waals surface area contributed by atoms with Crippen molar-refractivity contribution in [3.63, 3.8) is 0 Å². The highest BCUT2D eigenvalue weighted by molar-refractivity contribution is 5.76. The van der Waals surface area contributed by atoms with Crippen molar-refractivity contribution in [1.29, 1.82) is 0 Å². The molecule has 0 saturated carbocycles. The monoisotopic (exact) mass is 356 g/mol. The number of likely N-dealkylation sites (tertiary alicyclic amines) is 1. The molecule has 1 amide bonds. The zero-order chi connectivity index (χ0) is 18.5. The summed E-state index contributed by atoms with van der Waals surface area (Å²) in [5, 5.41) is 17.1. The average molecular weight is 356 g/mol. The van der Waals surface area contributed by atoms with Crippen LogP contribution in [-0.2, 0) is 24.4 Å². The van der Waals surface area contributed by atoms with Gasteiger partial charge in [0.1, 0.15) is 5.69 Å². The molecule has 0 bridgehead atoms. The number of hydrogen-bond acceptors (Lipinski definition) is 4. The number of amides is 1. The van der Waals surface area contributed by atoms with Crippen LogP contribution < -0.4 is 0 Å². The van der Waals surface area contributed by atoms with Crippen LogP contribution in [0.5, 0.6) is 0 Å². The number of piperidine rings is 1. The highest BCUT2D eigenvalue weighted by atomic mass is 16.3. The Morgan fingerprint density at radius 2 is 2.04 bits per heavy atom. The number of carbonyl (C=O) groups is 1. The summed E-state index contributed by atoms with van der Waals surface area (Å²) in [4.78, 5) is 14.6. The summed E-state index contributed by atoms with van der Waals surface area (Å²) < 4.78 is 1.78. The van der Waals surface area contributed by atoms with Gasteiger partial charge in [-0.2, -0.15) is 0 Å². The Hall–Kier alpha value is -2.21. The normalized spacial score (nSPS) is 17.5. The lowest BCUT2D eigenvalue weighted by Crippen LogP contribution is -2.41. The van der Waals surface area contributed by atoms with Crippen molar-refractivity contribution in [1.82, 2.24) is 19.9 Å². The van der Waals surface area contributed by atoms with E-state index in [1.165, 1.54) is 16.7 Å². The average Bonchev–Trinajstić information content (AvgIpc) is 3.06. The molecule has 6 heteroatoms. The molecule has 1 saturated heterocycles. The lowest BCUT2D eigenvalue weighted by Gasteiger charge is -2.32. The fraction of sp³-hybridized carbons (Fsp3) is 0.550. The molecule has 3 rings (SSSR count). The lowest BCUT2D eigenvalue weighted by atomic mass is 9.97. The highest BCUT2D eigenvalue weighted by Gasteiger charge is 2.24. The fourth-order valence-corrected chi connectivity index (χ4v) is 3.83. The van der Waals surface area contributed by atoms with E-state index in [1.807, 2.05) is 4.90 Å². The minimum absolute atomic E-state index is 0.0896. The zero-order valence-electron chi connectivity index (χ0n) is 15.7. The van der Waals surface area contributed by atoms with Crippen molar-refractivity contribution >= 4 is 5.91 Å². The molecular formula is C20H28N4O2. The van der Waals surface area contributed by atoms with Crippen LogP contribution in [0.25, 0.3) is 0 Å². The molecule has 1 fully saturated rings. The molecule has 1 aromatic carbocycles. The quantitative estimate of drug-likeness (QED) is 0.862. The van der Waals surface area contributed by atoms with Gasteiger partial charge in [0, 0.05) is 26.1 Å². The molecule has 0 unspecified atom stereocenters. The van der Waals surface area contributed by atoms with Gasteiger partial charge in [-0.1, -0.05) is 34.5 Å². The lowest BCUT2D eigenvalue weighted by molar-refractivity contribution is -0.133. The van der Waals surface area contributed by atoms with Crippen molar-refractivity contribution in [3.05, 3.63) is 46.8 Å². The first-order valence-electron chi connectivity index (χ1n) is 9.38. The molecule has 1 atom stereocenters. The molecule has 1 aromatic heterocycles. The number of aliphatic hydroxyl groups excluding tert-OH is 1. The summed E-state index contributed by atoms with van der Waals surface area (Å²) in [6, 6.07) is 6.50. The second kappa shape index (κ2) is 8.45. The minimum Gasteiger partial charge on any atom is -0.390 e.